The molecule has 0 unspecified atom stereocenters. The van der Waals surface area contributed by atoms with Crippen LogP contribution in [-0.2, 0) is 0 Å². The Balaban J connectivity index is 2.10. The van der Waals surface area contributed by atoms with Crippen molar-refractivity contribution in [1.29, 1.82) is 0 Å². The molecule has 23 heavy (non-hydrogen) atoms. The van der Waals surface area contributed by atoms with E-state index in [1.54, 1.807) is 18.2 Å². The normalized spacial score (nSPS) is 10.7. The van der Waals surface area contributed by atoms with Crippen LogP contribution in [0.3, 0.4) is 0 Å². The summed E-state index contributed by atoms with van der Waals surface area (Å²) in [6.07, 6.45) is 1.46. The maximum atomic E-state index is 12.0. The summed E-state index contributed by atoms with van der Waals surface area (Å²) < 4.78 is 6.34. The van der Waals surface area contributed by atoms with Crippen molar-refractivity contribution in [1.82, 2.24) is 5.43 Å². The number of hydrogen-bond acceptors (Lipinski definition) is 5. The van der Waals surface area contributed by atoms with Crippen LogP contribution in [0.15, 0.2) is 35.4 Å². The molecule has 0 fully saturated rings. The molecule has 8 heteroatoms. The number of benzene rings is 2. The third kappa shape index (κ3) is 4.47. The minimum atomic E-state index is -0.537. The minimum absolute atomic E-state index is 0.0952. The summed E-state index contributed by atoms with van der Waals surface area (Å²) >= 11 is 4.02. The maximum Gasteiger partial charge on any atom is 0.275 e. The molecule has 0 atom stereocenters. The number of carbonyl (C=O) groups excluding carboxylic acids is 1. The van der Waals surface area contributed by atoms with Gasteiger partial charge in [-0.05, 0) is 75.0 Å². The Bertz CT molecular complexity index is 755. The molecule has 2 aromatic rings. The van der Waals surface area contributed by atoms with E-state index < -0.39 is 5.91 Å². The van der Waals surface area contributed by atoms with Crippen LogP contribution in [-0.4, -0.2) is 29.4 Å². The number of amides is 1. The lowest BCUT2D eigenvalue weighted by atomic mass is 10.2. The first-order chi connectivity index (χ1) is 10.9. The Morgan fingerprint density at radius 2 is 1.87 bits per heavy atom. The van der Waals surface area contributed by atoms with Crippen molar-refractivity contribution >= 4 is 57.3 Å². The average Bonchev–Trinajstić information content (AvgIpc) is 2.52. The first-order valence-electron chi connectivity index (χ1n) is 6.30. The summed E-state index contributed by atoms with van der Waals surface area (Å²) in [7, 11) is 1.47. The molecule has 2 rings (SSSR count). The molecule has 0 saturated carbocycles. The highest BCUT2D eigenvalue weighted by atomic mass is 127. The summed E-state index contributed by atoms with van der Waals surface area (Å²) in [5, 5.41) is 23.3. The molecule has 0 radical (unpaired) electrons. The smallest absolute Gasteiger partial charge is 0.275 e. The summed E-state index contributed by atoms with van der Waals surface area (Å²) in [5.74, 6) is -0.0540. The Hall–Kier alpha value is -1.56. The number of hydrogen-bond donors (Lipinski definition) is 3. The van der Waals surface area contributed by atoms with Gasteiger partial charge in [-0.25, -0.2) is 5.43 Å². The van der Waals surface area contributed by atoms with Crippen molar-refractivity contribution in [2.45, 2.75) is 0 Å². The van der Waals surface area contributed by atoms with Crippen molar-refractivity contribution in [2.24, 2.45) is 5.10 Å². The predicted molar refractivity (Wildman–Crippen MR) is 103 cm³/mol. The SMILES string of the molecule is COc1ccc(C(=O)N/N=C\c2cc(I)c(O)c(I)c2)c(O)c1. The van der Waals surface area contributed by atoms with Gasteiger partial charge in [0.25, 0.3) is 5.91 Å². The molecule has 0 aliphatic heterocycles. The molecule has 0 aliphatic carbocycles. The van der Waals surface area contributed by atoms with Gasteiger partial charge in [0.1, 0.15) is 17.2 Å². The first kappa shape index (κ1) is 17.8. The van der Waals surface area contributed by atoms with E-state index in [-0.39, 0.29) is 17.1 Å². The van der Waals surface area contributed by atoms with Crippen molar-refractivity contribution in [3.63, 3.8) is 0 Å². The zero-order chi connectivity index (χ0) is 17.0. The molecule has 6 nitrogen and oxygen atoms in total. The predicted octanol–water partition coefficient (Wildman–Crippen LogP) is 3.08. The number of phenols is 2. The van der Waals surface area contributed by atoms with Crippen LogP contribution >= 0.6 is 45.2 Å². The first-order valence-corrected chi connectivity index (χ1v) is 8.46. The standard InChI is InChI=1S/C15H12I2N2O4/c1-23-9-2-3-10(13(20)6-9)15(22)19-18-7-8-4-11(16)14(21)12(17)5-8/h2-7,20-21H,1H3,(H,19,22)/b18-7-. The molecule has 0 heterocycles. The molecule has 0 aromatic heterocycles. The lowest BCUT2D eigenvalue weighted by Gasteiger charge is -2.05. The fourth-order valence-corrected chi connectivity index (χ4v) is 3.53. The van der Waals surface area contributed by atoms with Gasteiger partial charge in [0.15, 0.2) is 0 Å². The number of methoxy groups -OCH3 is 1. The van der Waals surface area contributed by atoms with E-state index in [4.69, 9.17) is 4.74 Å². The Morgan fingerprint density at radius 1 is 1.22 bits per heavy atom. The second-order valence-corrected chi connectivity index (χ2v) is 6.74. The highest BCUT2D eigenvalue weighted by molar-refractivity contribution is 14.1. The van der Waals surface area contributed by atoms with Gasteiger partial charge in [0.2, 0.25) is 0 Å². The summed E-state index contributed by atoms with van der Waals surface area (Å²) in [4.78, 5) is 12.0. The van der Waals surface area contributed by atoms with Crippen LogP contribution in [0, 0.1) is 7.14 Å². The van der Waals surface area contributed by atoms with Gasteiger partial charge in [0, 0.05) is 6.07 Å². The Labute approximate surface area is 159 Å². The fourth-order valence-electron chi connectivity index (χ4n) is 1.72. The summed E-state index contributed by atoms with van der Waals surface area (Å²) in [6.45, 7) is 0. The van der Waals surface area contributed by atoms with E-state index in [0.717, 1.165) is 5.56 Å². The number of hydrazone groups is 1. The second kappa shape index (κ2) is 7.81. The third-order valence-electron chi connectivity index (χ3n) is 2.87. The number of ether oxygens (including phenoxy) is 1. The zero-order valence-electron chi connectivity index (χ0n) is 11.9. The highest BCUT2D eigenvalue weighted by Crippen LogP contribution is 2.27. The maximum absolute atomic E-state index is 12.0. The van der Waals surface area contributed by atoms with E-state index in [1.165, 1.54) is 25.5 Å². The topological polar surface area (TPSA) is 91.2 Å². The van der Waals surface area contributed by atoms with Gasteiger partial charge in [-0.1, -0.05) is 0 Å². The molecule has 0 aliphatic rings. The minimum Gasteiger partial charge on any atom is -0.507 e. The van der Waals surface area contributed by atoms with Crippen LogP contribution in [0.2, 0.25) is 0 Å². The van der Waals surface area contributed by atoms with Gasteiger partial charge in [-0.2, -0.15) is 5.10 Å². The van der Waals surface area contributed by atoms with E-state index in [2.05, 4.69) is 10.5 Å². The van der Waals surface area contributed by atoms with Crippen molar-refractivity contribution in [2.75, 3.05) is 7.11 Å². The number of rotatable bonds is 4. The van der Waals surface area contributed by atoms with Crippen LogP contribution in [0.1, 0.15) is 15.9 Å². The number of nitrogens with zero attached hydrogens (tertiary/aromatic N) is 1. The van der Waals surface area contributed by atoms with Gasteiger partial charge in [-0.3, -0.25) is 4.79 Å². The van der Waals surface area contributed by atoms with Gasteiger partial charge in [0.05, 0.1) is 26.0 Å². The van der Waals surface area contributed by atoms with Crippen LogP contribution in [0.4, 0.5) is 0 Å². The van der Waals surface area contributed by atoms with E-state index in [9.17, 15) is 15.0 Å². The zero-order valence-corrected chi connectivity index (χ0v) is 16.2. The number of carbonyl (C=O) groups is 1. The van der Waals surface area contributed by atoms with E-state index in [1.807, 2.05) is 45.2 Å². The third-order valence-corrected chi connectivity index (χ3v) is 4.51. The number of aromatic hydroxyl groups is 2. The Morgan fingerprint density at radius 3 is 2.43 bits per heavy atom. The summed E-state index contributed by atoms with van der Waals surface area (Å²) in [6, 6.07) is 7.84. The lowest BCUT2D eigenvalue weighted by Crippen LogP contribution is -2.17. The average molecular weight is 538 g/mol. The van der Waals surface area contributed by atoms with Crippen molar-refractivity contribution < 1.29 is 19.7 Å². The monoisotopic (exact) mass is 538 g/mol. The molecule has 1 amide bonds. The lowest BCUT2D eigenvalue weighted by molar-refractivity contribution is 0.0952. The van der Waals surface area contributed by atoms with Crippen molar-refractivity contribution in [3.8, 4) is 17.2 Å². The highest BCUT2D eigenvalue weighted by Gasteiger charge is 2.11. The number of phenolic OH excluding ortho intramolecular Hbond substituents is 2. The number of halogens is 2. The molecule has 3 N–H and O–H groups in total. The molecule has 0 bridgehead atoms. The van der Waals surface area contributed by atoms with E-state index in [0.29, 0.717) is 12.9 Å². The van der Waals surface area contributed by atoms with Gasteiger partial charge in [-0.15, -0.1) is 0 Å². The molecule has 2 aromatic carbocycles. The van der Waals surface area contributed by atoms with Crippen LogP contribution < -0.4 is 10.2 Å². The van der Waals surface area contributed by atoms with E-state index >= 15 is 0 Å². The number of nitrogens with one attached hydrogen (secondary N) is 1. The largest absolute Gasteiger partial charge is 0.507 e. The molecular weight excluding hydrogens is 526 g/mol. The fraction of sp³-hybridized carbons (Fsp3) is 0.0667. The molecule has 120 valence electrons. The second-order valence-electron chi connectivity index (χ2n) is 4.42. The van der Waals surface area contributed by atoms with Gasteiger partial charge >= 0.3 is 0 Å². The van der Waals surface area contributed by atoms with Crippen LogP contribution in [0.25, 0.3) is 0 Å². The Kier molecular flexibility index (Phi) is 6.04. The molecule has 0 spiro atoms. The van der Waals surface area contributed by atoms with Crippen LogP contribution in [0.5, 0.6) is 17.2 Å². The van der Waals surface area contributed by atoms with Crippen molar-refractivity contribution in [3.05, 3.63) is 48.6 Å². The molecular formula is C15H12I2N2O4. The molecule has 0 saturated heterocycles. The summed E-state index contributed by atoms with van der Waals surface area (Å²) in [5.41, 5.74) is 3.17. The quantitative estimate of drug-likeness (QED) is 0.317. The van der Waals surface area contributed by atoms with Gasteiger partial charge < -0.3 is 14.9 Å².